The monoisotopic (exact) mass is 259 g/mol. The predicted octanol–water partition coefficient (Wildman–Crippen LogP) is 2.81. The van der Waals surface area contributed by atoms with Crippen molar-refractivity contribution in [3.63, 3.8) is 0 Å². The molecule has 104 valence electrons. The van der Waals surface area contributed by atoms with E-state index in [9.17, 15) is 0 Å². The quantitative estimate of drug-likeness (QED) is 0.867. The average molecular weight is 259 g/mol. The Morgan fingerprint density at radius 1 is 1.32 bits per heavy atom. The Kier molecular flexibility index (Phi) is 3.97. The number of rotatable bonds is 5. The minimum Gasteiger partial charge on any atom is -0.350 e. The zero-order chi connectivity index (χ0) is 14.0. The lowest BCUT2D eigenvalue weighted by Gasteiger charge is -2.34. The van der Waals surface area contributed by atoms with Crippen LogP contribution in [0.15, 0.2) is 30.5 Å². The zero-order valence-electron chi connectivity index (χ0n) is 12.4. The molecule has 0 aliphatic rings. The maximum atomic E-state index is 5.77. The topological polar surface area (TPSA) is 43.0 Å². The molecular weight excluding hydrogens is 234 g/mol. The van der Waals surface area contributed by atoms with E-state index in [0.717, 1.165) is 13.0 Å². The van der Waals surface area contributed by atoms with Gasteiger partial charge in [0.25, 0.3) is 0 Å². The summed E-state index contributed by atoms with van der Waals surface area (Å²) in [5.41, 5.74) is 8.54. The van der Waals surface area contributed by atoms with Gasteiger partial charge in [0.05, 0.1) is 0 Å². The van der Waals surface area contributed by atoms with Crippen LogP contribution in [0.2, 0.25) is 0 Å². The van der Waals surface area contributed by atoms with E-state index < -0.39 is 0 Å². The van der Waals surface area contributed by atoms with E-state index in [0.29, 0.717) is 6.04 Å². The largest absolute Gasteiger partial charge is 0.350 e. The normalized spacial score (nSPS) is 13.9. The van der Waals surface area contributed by atoms with E-state index in [2.05, 4.69) is 61.2 Å². The Labute approximate surface area is 115 Å². The van der Waals surface area contributed by atoms with Gasteiger partial charge in [0.2, 0.25) is 0 Å². The highest BCUT2D eigenvalue weighted by atomic mass is 15.0. The van der Waals surface area contributed by atoms with Crippen LogP contribution in [0.25, 0.3) is 10.9 Å². The zero-order valence-corrected chi connectivity index (χ0v) is 12.4. The van der Waals surface area contributed by atoms with Crippen molar-refractivity contribution in [2.45, 2.75) is 26.3 Å². The number of aromatic nitrogens is 1. The summed E-state index contributed by atoms with van der Waals surface area (Å²) in [5, 5.41) is 4.81. The van der Waals surface area contributed by atoms with Crippen molar-refractivity contribution >= 4 is 10.9 Å². The fraction of sp³-hybridized carbons (Fsp3) is 0.500. The van der Waals surface area contributed by atoms with Gasteiger partial charge in [-0.05, 0) is 37.1 Å². The van der Waals surface area contributed by atoms with Gasteiger partial charge in [-0.1, -0.05) is 32.0 Å². The first kappa shape index (κ1) is 14.1. The third kappa shape index (κ3) is 2.53. The van der Waals surface area contributed by atoms with Gasteiger partial charge in [0.1, 0.15) is 0 Å². The van der Waals surface area contributed by atoms with Gasteiger partial charge >= 0.3 is 0 Å². The molecule has 0 saturated carbocycles. The number of para-hydroxylation sites is 1. The first-order valence-electron chi connectivity index (χ1n) is 6.92. The number of hydrogen-bond donors (Lipinski definition) is 2. The van der Waals surface area contributed by atoms with E-state index in [4.69, 9.17) is 5.73 Å². The highest BCUT2D eigenvalue weighted by molar-refractivity contribution is 5.84. The van der Waals surface area contributed by atoms with E-state index >= 15 is 0 Å². The Hall–Kier alpha value is -1.32. The van der Waals surface area contributed by atoms with Crippen molar-refractivity contribution in [1.29, 1.82) is 0 Å². The van der Waals surface area contributed by atoms with Crippen LogP contribution in [0, 0.1) is 5.41 Å². The molecule has 1 heterocycles. The van der Waals surface area contributed by atoms with E-state index in [1.165, 1.54) is 16.5 Å². The molecule has 3 heteroatoms. The lowest BCUT2D eigenvalue weighted by molar-refractivity contribution is 0.240. The lowest BCUT2D eigenvalue weighted by Crippen LogP contribution is -2.33. The summed E-state index contributed by atoms with van der Waals surface area (Å²) in [6, 6.07) is 8.87. The molecule has 3 nitrogen and oxygen atoms in total. The molecule has 1 aromatic carbocycles. The highest BCUT2D eigenvalue weighted by Gasteiger charge is 2.30. The van der Waals surface area contributed by atoms with Crippen LogP contribution in [0.4, 0.5) is 0 Å². The molecule has 0 fully saturated rings. The number of hydrogen-bond acceptors (Lipinski definition) is 2. The molecular formula is C16H25N3. The molecule has 3 N–H and O–H groups in total. The summed E-state index contributed by atoms with van der Waals surface area (Å²) in [6.07, 6.45) is 3.24. The summed E-state index contributed by atoms with van der Waals surface area (Å²) in [4.78, 5) is 0. The van der Waals surface area contributed by atoms with Crippen LogP contribution in [0.5, 0.6) is 0 Å². The third-order valence-electron chi connectivity index (χ3n) is 4.10. The SMILES string of the molecule is CNC(c1cn(C)c2ccccc12)C(C)(C)CCN. The van der Waals surface area contributed by atoms with Crippen molar-refractivity contribution in [2.24, 2.45) is 18.2 Å². The molecule has 2 aromatic rings. The first-order chi connectivity index (χ1) is 9.01. The second kappa shape index (κ2) is 5.35. The van der Waals surface area contributed by atoms with Gasteiger partial charge in [0.15, 0.2) is 0 Å². The van der Waals surface area contributed by atoms with Crippen LogP contribution in [-0.4, -0.2) is 18.2 Å². The Morgan fingerprint density at radius 2 is 2.00 bits per heavy atom. The van der Waals surface area contributed by atoms with Gasteiger partial charge in [-0.25, -0.2) is 0 Å². The van der Waals surface area contributed by atoms with Crippen molar-refractivity contribution in [3.05, 3.63) is 36.0 Å². The van der Waals surface area contributed by atoms with Crippen LogP contribution in [-0.2, 0) is 7.05 Å². The summed E-state index contributed by atoms with van der Waals surface area (Å²) in [6.45, 7) is 5.28. The second-order valence-corrected chi connectivity index (χ2v) is 5.96. The molecule has 0 aliphatic carbocycles. The van der Waals surface area contributed by atoms with Crippen LogP contribution >= 0.6 is 0 Å². The summed E-state index contributed by atoms with van der Waals surface area (Å²) < 4.78 is 2.20. The molecule has 0 bridgehead atoms. The smallest absolute Gasteiger partial charge is 0.0481 e. The summed E-state index contributed by atoms with van der Waals surface area (Å²) in [7, 11) is 4.14. The van der Waals surface area contributed by atoms with E-state index in [-0.39, 0.29) is 5.41 Å². The van der Waals surface area contributed by atoms with Gasteiger partial charge < -0.3 is 15.6 Å². The predicted molar refractivity (Wildman–Crippen MR) is 82.2 cm³/mol. The molecule has 0 amide bonds. The van der Waals surface area contributed by atoms with E-state index in [1.807, 2.05) is 7.05 Å². The number of benzene rings is 1. The number of aryl methyl sites for hydroxylation is 1. The minimum absolute atomic E-state index is 0.133. The average Bonchev–Trinajstić information content (AvgIpc) is 2.68. The van der Waals surface area contributed by atoms with Crippen molar-refractivity contribution in [1.82, 2.24) is 9.88 Å². The summed E-state index contributed by atoms with van der Waals surface area (Å²) >= 11 is 0. The van der Waals surface area contributed by atoms with Gasteiger partial charge in [-0.2, -0.15) is 0 Å². The maximum absolute atomic E-state index is 5.77. The van der Waals surface area contributed by atoms with Crippen LogP contribution in [0.1, 0.15) is 31.9 Å². The number of nitrogens with two attached hydrogens (primary N) is 1. The Balaban J connectivity index is 2.52. The van der Waals surface area contributed by atoms with E-state index in [1.54, 1.807) is 0 Å². The molecule has 2 rings (SSSR count). The van der Waals surface area contributed by atoms with Crippen LogP contribution in [0.3, 0.4) is 0 Å². The molecule has 0 spiro atoms. The third-order valence-corrected chi connectivity index (χ3v) is 4.10. The Morgan fingerprint density at radius 3 is 2.63 bits per heavy atom. The fourth-order valence-electron chi connectivity index (χ4n) is 3.09. The Bertz CT molecular complexity index is 554. The minimum atomic E-state index is 0.133. The maximum Gasteiger partial charge on any atom is 0.0481 e. The second-order valence-electron chi connectivity index (χ2n) is 5.96. The van der Waals surface area contributed by atoms with Gasteiger partial charge in [0, 0.05) is 30.2 Å². The van der Waals surface area contributed by atoms with Crippen molar-refractivity contribution in [3.8, 4) is 0 Å². The molecule has 0 saturated heterocycles. The fourth-order valence-corrected chi connectivity index (χ4v) is 3.09. The molecule has 1 atom stereocenters. The standard InChI is InChI=1S/C16H25N3/c1-16(2,9-10-17)15(18-3)13-11-19(4)14-8-6-5-7-12(13)14/h5-8,11,15,18H,9-10,17H2,1-4H3. The van der Waals surface area contributed by atoms with Gasteiger partial charge in [-0.3, -0.25) is 0 Å². The number of fused-ring (bicyclic) bond motifs is 1. The van der Waals surface area contributed by atoms with Gasteiger partial charge in [-0.15, -0.1) is 0 Å². The number of nitrogens with one attached hydrogen (secondary N) is 1. The molecule has 1 unspecified atom stereocenters. The first-order valence-corrected chi connectivity index (χ1v) is 6.92. The molecule has 19 heavy (non-hydrogen) atoms. The molecule has 0 radical (unpaired) electrons. The molecule has 0 aliphatic heterocycles. The molecule has 1 aromatic heterocycles. The highest BCUT2D eigenvalue weighted by Crippen LogP contribution is 2.39. The summed E-state index contributed by atoms with van der Waals surface area (Å²) in [5.74, 6) is 0. The lowest BCUT2D eigenvalue weighted by atomic mass is 9.78. The van der Waals surface area contributed by atoms with Crippen LogP contribution < -0.4 is 11.1 Å². The van der Waals surface area contributed by atoms with Crippen molar-refractivity contribution in [2.75, 3.05) is 13.6 Å². The number of nitrogens with zero attached hydrogens (tertiary/aromatic N) is 1. The van der Waals surface area contributed by atoms with Crippen molar-refractivity contribution < 1.29 is 0 Å².